The van der Waals surface area contributed by atoms with Crippen molar-refractivity contribution >= 4 is 46.6 Å². The molecule has 136 valence electrons. The van der Waals surface area contributed by atoms with Crippen LogP contribution < -0.4 is 9.16 Å². The van der Waals surface area contributed by atoms with Crippen molar-refractivity contribution in [2.45, 2.75) is 6.92 Å². The Morgan fingerprint density at radius 2 is 1.85 bits per heavy atom. The number of hydrogen-bond donors (Lipinski definition) is 0. The number of nitrogens with zero attached hydrogens (tertiary/aromatic N) is 2. The number of hydrogen-bond acceptors (Lipinski definition) is 6. The van der Waals surface area contributed by atoms with Crippen LogP contribution in [0.1, 0.15) is 17.3 Å². The highest BCUT2D eigenvalue weighted by Crippen LogP contribution is 2.28. The Kier molecular flexibility index (Phi) is 6.37. The summed E-state index contributed by atoms with van der Waals surface area (Å²) in [7, 11) is 0. The minimum atomic E-state index is -0.680. The van der Waals surface area contributed by atoms with E-state index in [4.69, 9.17) is 28.1 Å². The van der Waals surface area contributed by atoms with Crippen LogP contribution in [0.5, 0.6) is 5.75 Å². The van der Waals surface area contributed by atoms with E-state index in [1.807, 2.05) is 0 Å². The van der Waals surface area contributed by atoms with Crippen LogP contribution in [0.3, 0.4) is 0 Å². The number of anilines is 1. The van der Waals surface area contributed by atoms with Gasteiger partial charge in [0.15, 0.2) is 0 Å². The van der Waals surface area contributed by atoms with Gasteiger partial charge in [0.25, 0.3) is 11.6 Å². The van der Waals surface area contributed by atoms with E-state index in [-0.39, 0.29) is 27.7 Å². The Bertz CT molecular complexity index is 841. The zero-order valence-corrected chi connectivity index (χ0v) is 14.9. The number of nitro benzene ring substituents is 1. The van der Waals surface area contributed by atoms with Crippen molar-refractivity contribution in [3.05, 3.63) is 63.2 Å². The monoisotopic (exact) mass is 398 g/mol. The van der Waals surface area contributed by atoms with Crippen LogP contribution >= 0.6 is 23.4 Å². The molecule has 0 N–H and O–H groups in total. The van der Waals surface area contributed by atoms with Crippen LogP contribution in [0.2, 0.25) is 5.02 Å². The van der Waals surface area contributed by atoms with Crippen LogP contribution in [0.15, 0.2) is 42.5 Å². The molecule has 0 aliphatic carbocycles. The van der Waals surface area contributed by atoms with Gasteiger partial charge in [0.1, 0.15) is 5.75 Å². The highest BCUT2D eigenvalue weighted by Gasteiger charge is 2.21. The lowest BCUT2D eigenvalue weighted by Crippen LogP contribution is -2.22. The minimum absolute atomic E-state index is 0.0259. The summed E-state index contributed by atoms with van der Waals surface area (Å²) >= 11 is 12.0. The van der Waals surface area contributed by atoms with Crippen LogP contribution in [-0.4, -0.2) is 23.6 Å². The molecule has 0 saturated heterocycles. The lowest BCUT2D eigenvalue weighted by molar-refractivity contribution is -0.384. The number of rotatable bonds is 6. The van der Waals surface area contributed by atoms with Crippen LogP contribution in [-0.2, 0) is 9.53 Å². The van der Waals surface area contributed by atoms with E-state index in [9.17, 15) is 19.7 Å². The molecule has 2 aromatic carbocycles. The van der Waals surface area contributed by atoms with E-state index in [0.29, 0.717) is 0 Å². The van der Waals surface area contributed by atoms with Gasteiger partial charge in [0.05, 0.1) is 16.2 Å². The molecule has 0 fully saturated rings. The highest BCUT2D eigenvalue weighted by molar-refractivity contribution is 6.40. The summed E-state index contributed by atoms with van der Waals surface area (Å²) in [6, 6.07) is 9.35. The van der Waals surface area contributed by atoms with E-state index in [1.165, 1.54) is 49.4 Å². The molecule has 0 saturated carbocycles. The predicted molar refractivity (Wildman–Crippen MR) is 94.5 cm³/mol. The molecule has 10 heteroatoms. The Labute approximate surface area is 158 Å². The summed E-state index contributed by atoms with van der Waals surface area (Å²) in [5.74, 6) is -1.12. The summed E-state index contributed by atoms with van der Waals surface area (Å²) in [5.41, 5.74) is 0.102. The molecule has 0 bridgehead atoms. The zero-order chi connectivity index (χ0) is 19.3. The maximum atomic E-state index is 12.6. The van der Waals surface area contributed by atoms with E-state index in [0.717, 1.165) is 4.42 Å². The molecule has 1 amide bonds. The van der Waals surface area contributed by atoms with Gasteiger partial charge >= 0.3 is 5.97 Å². The quantitative estimate of drug-likeness (QED) is 0.240. The molecule has 0 spiro atoms. The van der Waals surface area contributed by atoms with Gasteiger partial charge in [-0.15, -0.1) is 0 Å². The van der Waals surface area contributed by atoms with Gasteiger partial charge in [-0.3, -0.25) is 19.7 Å². The van der Waals surface area contributed by atoms with Crippen molar-refractivity contribution in [3.8, 4) is 5.75 Å². The molecule has 2 aromatic rings. The van der Waals surface area contributed by atoms with Crippen LogP contribution in [0.4, 0.5) is 11.4 Å². The van der Waals surface area contributed by atoms with Gasteiger partial charge in [0, 0.05) is 35.9 Å². The average Bonchev–Trinajstić information content (AvgIpc) is 2.61. The van der Waals surface area contributed by atoms with Gasteiger partial charge in [0.2, 0.25) is 6.79 Å². The first-order valence-electron chi connectivity index (χ1n) is 7.10. The maximum absolute atomic E-state index is 12.6. The third-order valence-corrected chi connectivity index (χ3v) is 3.70. The SMILES string of the molecule is CC(=O)OCOc1ccc(Cl)cc1C(=O)N(Cl)c1ccc([N+](=O)[O-])cc1. The molecule has 0 aliphatic heterocycles. The van der Waals surface area contributed by atoms with E-state index in [2.05, 4.69) is 4.74 Å². The fourth-order valence-corrected chi connectivity index (χ4v) is 2.28. The third-order valence-electron chi connectivity index (χ3n) is 3.11. The Balaban J connectivity index is 2.25. The Morgan fingerprint density at radius 1 is 1.19 bits per heavy atom. The first kappa shape index (κ1) is 19.5. The Morgan fingerprint density at radius 3 is 2.42 bits per heavy atom. The molecule has 0 heterocycles. The smallest absolute Gasteiger partial charge is 0.305 e. The van der Waals surface area contributed by atoms with Crippen LogP contribution in [0, 0.1) is 10.1 Å². The van der Waals surface area contributed by atoms with Gasteiger partial charge < -0.3 is 9.47 Å². The molecule has 0 aliphatic rings. The second kappa shape index (κ2) is 8.50. The highest BCUT2D eigenvalue weighted by atomic mass is 35.5. The molecular formula is C16H12Cl2N2O6. The molecule has 0 unspecified atom stereocenters. The Hall–Kier alpha value is -2.84. The van der Waals surface area contributed by atoms with Crippen molar-refractivity contribution in [1.82, 2.24) is 0 Å². The number of carbonyl (C=O) groups excluding carboxylic acids is 2. The van der Waals surface area contributed by atoms with E-state index < -0.39 is 23.6 Å². The number of nitro groups is 1. The second-order valence-electron chi connectivity index (χ2n) is 4.90. The number of carbonyl (C=O) groups is 2. The van der Waals surface area contributed by atoms with Gasteiger partial charge in [-0.05, 0) is 30.3 Å². The third kappa shape index (κ3) is 4.84. The molecule has 26 heavy (non-hydrogen) atoms. The molecule has 0 radical (unpaired) electrons. The summed E-state index contributed by atoms with van der Waals surface area (Å²) in [5, 5.41) is 11.0. The minimum Gasteiger partial charge on any atom is -0.457 e. The van der Waals surface area contributed by atoms with Gasteiger partial charge in [-0.2, -0.15) is 0 Å². The predicted octanol–water partition coefficient (Wildman–Crippen LogP) is 3.95. The van der Waals surface area contributed by atoms with E-state index in [1.54, 1.807) is 0 Å². The lowest BCUT2D eigenvalue weighted by Gasteiger charge is -2.16. The molecule has 2 rings (SSSR count). The standard InChI is InChI=1S/C16H12Cl2N2O6/c1-10(21)25-9-26-15-7-2-11(17)8-14(15)16(22)19(18)12-3-5-13(6-4-12)20(23)24/h2-8H,9H2,1H3. The lowest BCUT2D eigenvalue weighted by atomic mass is 10.1. The number of benzene rings is 2. The van der Waals surface area contributed by atoms with Crippen LogP contribution in [0.25, 0.3) is 0 Å². The number of esters is 1. The fraction of sp³-hybridized carbons (Fsp3) is 0.125. The second-order valence-corrected chi connectivity index (χ2v) is 5.67. The zero-order valence-electron chi connectivity index (χ0n) is 13.3. The van der Waals surface area contributed by atoms with Gasteiger partial charge in [-0.25, -0.2) is 4.42 Å². The van der Waals surface area contributed by atoms with Crippen molar-refractivity contribution in [1.29, 1.82) is 0 Å². The number of ether oxygens (including phenoxy) is 2. The average molecular weight is 399 g/mol. The topological polar surface area (TPSA) is 99.0 Å². The molecule has 0 aromatic heterocycles. The number of halogens is 2. The van der Waals surface area contributed by atoms with E-state index >= 15 is 0 Å². The summed E-state index contributed by atoms with van der Waals surface area (Å²) < 4.78 is 10.7. The number of amides is 1. The summed E-state index contributed by atoms with van der Waals surface area (Å²) in [6.07, 6.45) is 0. The van der Waals surface area contributed by atoms with Crippen molar-refractivity contribution in [2.24, 2.45) is 0 Å². The fourth-order valence-electron chi connectivity index (χ4n) is 1.90. The molecule has 0 atom stereocenters. The first-order chi connectivity index (χ1) is 12.3. The maximum Gasteiger partial charge on any atom is 0.305 e. The summed E-state index contributed by atoms with van der Waals surface area (Å²) in [4.78, 5) is 33.6. The van der Waals surface area contributed by atoms with Crippen molar-refractivity contribution in [3.63, 3.8) is 0 Å². The van der Waals surface area contributed by atoms with Gasteiger partial charge in [-0.1, -0.05) is 11.6 Å². The summed E-state index contributed by atoms with van der Waals surface area (Å²) in [6.45, 7) is 0.823. The normalized spacial score (nSPS) is 10.1. The largest absolute Gasteiger partial charge is 0.457 e. The molecular weight excluding hydrogens is 387 g/mol. The first-order valence-corrected chi connectivity index (χ1v) is 7.81. The van der Waals surface area contributed by atoms with Crippen molar-refractivity contribution < 1.29 is 24.0 Å². The molecule has 8 nitrogen and oxygen atoms in total. The van der Waals surface area contributed by atoms with Crippen molar-refractivity contribution in [2.75, 3.05) is 11.2 Å². The number of non-ortho nitro benzene ring substituents is 1.